The molecule has 1 heterocycles. The summed E-state index contributed by atoms with van der Waals surface area (Å²) in [7, 11) is 0. The highest BCUT2D eigenvalue weighted by Crippen LogP contribution is 1.91. The van der Waals surface area contributed by atoms with Crippen molar-refractivity contribution in [3.63, 3.8) is 0 Å². The molecule has 2 N–H and O–H groups in total. The largest absolute Gasteiger partial charge is 0.364 e. The monoisotopic (exact) mass is 111 g/mol. The molecule has 0 fully saturated rings. The van der Waals surface area contributed by atoms with E-state index in [2.05, 4.69) is 10.2 Å². The van der Waals surface area contributed by atoms with E-state index in [1.165, 1.54) is 0 Å². The van der Waals surface area contributed by atoms with Gasteiger partial charge in [0.1, 0.15) is 5.71 Å². The van der Waals surface area contributed by atoms with E-state index in [-0.39, 0.29) is 0 Å². The Morgan fingerprint density at radius 2 is 2.62 bits per heavy atom. The third kappa shape index (κ3) is 0.726. The molecule has 0 bridgehead atoms. The van der Waals surface area contributed by atoms with Gasteiger partial charge in [-0.05, 0) is 0 Å². The Morgan fingerprint density at radius 3 is 2.88 bits per heavy atom. The number of carbonyl (C=O) groups excluding carboxylic acids is 1. The maximum absolute atomic E-state index is 10.2. The number of amides is 1. The second-order valence-electron chi connectivity index (χ2n) is 1.41. The molecule has 0 aromatic heterocycles. The summed E-state index contributed by atoms with van der Waals surface area (Å²) >= 11 is 0. The number of carbonyl (C=O) groups is 1. The predicted octanol–water partition coefficient (Wildman–Crippen LogP) is -0.698. The van der Waals surface area contributed by atoms with Gasteiger partial charge in [-0.2, -0.15) is 5.10 Å². The fourth-order valence-corrected chi connectivity index (χ4v) is 0.429. The summed E-state index contributed by atoms with van der Waals surface area (Å²) in [6.07, 6.45) is 2.02. The predicted molar refractivity (Wildman–Crippen MR) is 29.7 cm³/mol. The molecule has 0 aromatic rings. The molecule has 4 heteroatoms. The van der Waals surface area contributed by atoms with E-state index in [0.717, 1.165) is 0 Å². The lowest BCUT2D eigenvalue weighted by atomic mass is 10.3. The molecule has 1 aliphatic heterocycles. The lowest BCUT2D eigenvalue weighted by Crippen LogP contribution is -2.21. The van der Waals surface area contributed by atoms with Crippen LogP contribution in [0.5, 0.6) is 0 Å². The molecule has 0 saturated heterocycles. The molecule has 0 spiro atoms. The van der Waals surface area contributed by atoms with Gasteiger partial charge in [-0.15, -0.1) is 5.10 Å². The van der Waals surface area contributed by atoms with Crippen molar-refractivity contribution in [2.24, 2.45) is 15.9 Å². The third-order valence-electron chi connectivity index (χ3n) is 0.829. The van der Waals surface area contributed by atoms with Crippen LogP contribution in [-0.4, -0.2) is 17.8 Å². The Hall–Kier alpha value is -1.19. The summed E-state index contributed by atoms with van der Waals surface area (Å²) < 4.78 is 0. The molecule has 0 atom stereocenters. The molecule has 0 unspecified atom stereocenters. The van der Waals surface area contributed by atoms with Crippen LogP contribution in [0.25, 0.3) is 0 Å². The second kappa shape index (κ2) is 1.73. The fraction of sp³-hybridized carbons (Fsp3) is 0.250. The van der Waals surface area contributed by atoms with Crippen LogP contribution in [0.15, 0.2) is 10.2 Å². The van der Waals surface area contributed by atoms with Crippen LogP contribution < -0.4 is 5.73 Å². The Kier molecular flexibility index (Phi) is 1.07. The van der Waals surface area contributed by atoms with Crippen LogP contribution in [0.4, 0.5) is 0 Å². The standard InChI is InChI=1S/C4H5N3O/c5-4(8)3-1-2-6-7-3/h2H,1H2,(H2,5,8). The van der Waals surface area contributed by atoms with Gasteiger partial charge < -0.3 is 5.73 Å². The summed E-state index contributed by atoms with van der Waals surface area (Å²) in [6, 6.07) is 0. The van der Waals surface area contributed by atoms with Crippen LogP contribution in [0, 0.1) is 0 Å². The van der Waals surface area contributed by atoms with Gasteiger partial charge in [0, 0.05) is 12.6 Å². The molecule has 4 nitrogen and oxygen atoms in total. The zero-order chi connectivity index (χ0) is 5.98. The van der Waals surface area contributed by atoms with Gasteiger partial charge in [0.05, 0.1) is 0 Å². The lowest BCUT2D eigenvalue weighted by molar-refractivity contribution is -0.112. The highest BCUT2D eigenvalue weighted by molar-refractivity contribution is 6.41. The molecule has 1 amide bonds. The van der Waals surface area contributed by atoms with Gasteiger partial charge in [0.25, 0.3) is 5.91 Å². The van der Waals surface area contributed by atoms with Crippen LogP contribution in [0.3, 0.4) is 0 Å². The van der Waals surface area contributed by atoms with E-state index in [0.29, 0.717) is 12.1 Å². The summed E-state index contributed by atoms with van der Waals surface area (Å²) in [6.45, 7) is 0. The molecule has 1 aliphatic rings. The number of rotatable bonds is 1. The highest BCUT2D eigenvalue weighted by Gasteiger charge is 2.07. The highest BCUT2D eigenvalue weighted by atomic mass is 16.1. The van der Waals surface area contributed by atoms with Gasteiger partial charge >= 0.3 is 0 Å². The molecule has 0 aliphatic carbocycles. The zero-order valence-corrected chi connectivity index (χ0v) is 4.16. The van der Waals surface area contributed by atoms with Crippen molar-refractivity contribution in [2.45, 2.75) is 6.42 Å². The van der Waals surface area contributed by atoms with Crippen LogP contribution in [0.1, 0.15) is 6.42 Å². The van der Waals surface area contributed by atoms with Gasteiger partial charge in [-0.1, -0.05) is 0 Å². The van der Waals surface area contributed by atoms with E-state index in [1.54, 1.807) is 6.21 Å². The second-order valence-corrected chi connectivity index (χ2v) is 1.41. The first-order valence-corrected chi connectivity index (χ1v) is 2.19. The molecular formula is C4H5N3O. The molecule has 8 heavy (non-hydrogen) atoms. The zero-order valence-electron chi connectivity index (χ0n) is 4.16. The van der Waals surface area contributed by atoms with E-state index >= 15 is 0 Å². The van der Waals surface area contributed by atoms with Crippen molar-refractivity contribution in [2.75, 3.05) is 0 Å². The first-order chi connectivity index (χ1) is 3.80. The van der Waals surface area contributed by atoms with Crippen molar-refractivity contribution in [1.82, 2.24) is 0 Å². The van der Waals surface area contributed by atoms with E-state index in [9.17, 15) is 4.79 Å². The third-order valence-corrected chi connectivity index (χ3v) is 0.829. The van der Waals surface area contributed by atoms with E-state index in [1.807, 2.05) is 0 Å². The van der Waals surface area contributed by atoms with E-state index < -0.39 is 5.91 Å². The summed E-state index contributed by atoms with van der Waals surface area (Å²) in [5.74, 6) is -0.484. The smallest absolute Gasteiger partial charge is 0.265 e. The first kappa shape index (κ1) is 4.96. The van der Waals surface area contributed by atoms with Crippen molar-refractivity contribution < 1.29 is 4.79 Å². The summed E-state index contributed by atoms with van der Waals surface area (Å²) in [5, 5.41) is 6.89. The molecule has 0 radical (unpaired) electrons. The maximum atomic E-state index is 10.2. The van der Waals surface area contributed by atoms with Crippen molar-refractivity contribution in [3.8, 4) is 0 Å². The number of hydrogen-bond acceptors (Lipinski definition) is 3. The van der Waals surface area contributed by atoms with Crippen LogP contribution >= 0.6 is 0 Å². The van der Waals surface area contributed by atoms with Crippen LogP contribution in [0.2, 0.25) is 0 Å². The Labute approximate surface area is 46.1 Å². The topological polar surface area (TPSA) is 67.8 Å². The number of nitrogens with zero attached hydrogens (tertiary/aromatic N) is 2. The van der Waals surface area contributed by atoms with Crippen LogP contribution in [-0.2, 0) is 4.79 Å². The average molecular weight is 111 g/mol. The minimum atomic E-state index is -0.484. The number of nitrogens with two attached hydrogens (primary N) is 1. The Balaban J connectivity index is 2.64. The minimum absolute atomic E-state index is 0.338. The quantitative estimate of drug-likeness (QED) is 0.477. The molecule has 42 valence electrons. The lowest BCUT2D eigenvalue weighted by Gasteiger charge is -1.84. The maximum Gasteiger partial charge on any atom is 0.265 e. The van der Waals surface area contributed by atoms with Gasteiger partial charge in [-0.3, -0.25) is 4.79 Å². The minimum Gasteiger partial charge on any atom is -0.364 e. The normalized spacial score (nSPS) is 16.2. The number of primary amides is 1. The molecule has 1 rings (SSSR count). The summed E-state index contributed by atoms with van der Waals surface area (Å²) in [5.41, 5.74) is 5.19. The van der Waals surface area contributed by atoms with Crippen molar-refractivity contribution in [1.29, 1.82) is 0 Å². The van der Waals surface area contributed by atoms with Gasteiger partial charge in [-0.25, -0.2) is 0 Å². The van der Waals surface area contributed by atoms with Gasteiger partial charge in [0.15, 0.2) is 0 Å². The molecule has 0 aromatic carbocycles. The van der Waals surface area contributed by atoms with Gasteiger partial charge in [0.2, 0.25) is 0 Å². The van der Waals surface area contributed by atoms with Crippen molar-refractivity contribution >= 4 is 17.8 Å². The SMILES string of the molecule is NC(=O)C1=NN=CC1. The number of hydrogen-bond donors (Lipinski definition) is 1. The average Bonchev–Trinajstić information content (AvgIpc) is 2.12. The fourth-order valence-electron chi connectivity index (χ4n) is 0.429. The van der Waals surface area contributed by atoms with E-state index in [4.69, 9.17) is 5.73 Å². The molecule has 0 saturated carbocycles. The first-order valence-electron chi connectivity index (χ1n) is 2.19. The van der Waals surface area contributed by atoms with Crippen molar-refractivity contribution in [3.05, 3.63) is 0 Å². The molecular weight excluding hydrogens is 106 g/mol. The summed E-state index contributed by atoms with van der Waals surface area (Å²) in [4.78, 5) is 10.2. The Morgan fingerprint density at radius 1 is 1.88 bits per heavy atom. The Bertz CT molecular complexity index is 170.